The Morgan fingerprint density at radius 1 is 1.23 bits per heavy atom. The number of hydrogen-bond acceptors (Lipinski definition) is 5. The second kappa shape index (κ2) is 9.38. The number of guanidine groups is 1. The molecule has 0 radical (unpaired) electrons. The maximum absolute atomic E-state index is 5.92. The highest BCUT2D eigenvalue weighted by Gasteiger charge is 2.07. The standard InChI is InChI=1S/C15H25N5O2/c1-3-4-9-19-14(20-15(17)18)13(16)22-10-11-7-5-6-8-12(11)21-2/h5-8,19H,3-4,9-10,16H2,1-2H3,(H4,17,18,20)/b14-13+. The number of methoxy groups -OCH3 is 1. The minimum absolute atomic E-state index is 0.0807. The summed E-state index contributed by atoms with van der Waals surface area (Å²) in [6.45, 7) is 3.06. The highest BCUT2D eigenvalue weighted by molar-refractivity contribution is 5.76. The molecular formula is C15H25N5O2. The summed E-state index contributed by atoms with van der Waals surface area (Å²) in [7, 11) is 1.61. The first-order chi connectivity index (χ1) is 10.6. The molecular weight excluding hydrogens is 282 g/mol. The summed E-state index contributed by atoms with van der Waals surface area (Å²) >= 11 is 0. The zero-order chi connectivity index (χ0) is 16.4. The van der Waals surface area contributed by atoms with Gasteiger partial charge in [-0.05, 0) is 12.5 Å². The molecule has 0 fully saturated rings. The van der Waals surface area contributed by atoms with Crippen LogP contribution in [0.2, 0.25) is 0 Å². The fourth-order valence-electron chi connectivity index (χ4n) is 1.74. The Balaban J connectivity index is 2.78. The number of ether oxygens (including phenoxy) is 2. The molecule has 7 N–H and O–H groups in total. The van der Waals surface area contributed by atoms with Crippen molar-refractivity contribution in [1.29, 1.82) is 0 Å². The van der Waals surface area contributed by atoms with Crippen molar-refractivity contribution in [2.75, 3.05) is 13.7 Å². The molecule has 0 aromatic heterocycles. The quantitative estimate of drug-likeness (QED) is 0.233. The average molecular weight is 307 g/mol. The lowest BCUT2D eigenvalue weighted by molar-refractivity contribution is 0.187. The van der Waals surface area contributed by atoms with Crippen molar-refractivity contribution in [3.8, 4) is 5.75 Å². The van der Waals surface area contributed by atoms with Gasteiger partial charge in [0.15, 0.2) is 11.8 Å². The molecule has 0 bridgehead atoms. The van der Waals surface area contributed by atoms with Crippen molar-refractivity contribution in [2.24, 2.45) is 22.2 Å². The maximum Gasteiger partial charge on any atom is 0.228 e. The first-order valence-corrected chi connectivity index (χ1v) is 7.16. The summed E-state index contributed by atoms with van der Waals surface area (Å²) in [5.74, 6) is 1.12. The lowest BCUT2D eigenvalue weighted by Gasteiger charge is -2.13. The topological polar surface area (TPSA) is 121 Å². The zero-order valence-electron chi connectivity index (χ0n) is 13.1. The Hall–Kier alpha value is -2.57. The third kappa shape index (κ3) is 5.82. The molecule has 0 unspecified atom stereocenters. The summed E-state index contributed by atoms with van der Waals surface area (Å²) in [5.41, 5.74) is 17.6. The van der Waals surface area contributed by atoms with Crippen molar-refractivity contribution in [3.63, 3.8) is 0 Å². The van der Waals surface area contributed by atoms with E-state index in [4.69, 9.17) is 26.7 Å². The number of nitrogens with two attached hydrogens (primary N) is 3. The predicted octanol–water partition coefficient (Wildman–Crippen LogP) is 0.960. The van der Waals surface area contributed by atoms with Gasteiger partial charge in [-0.3, -0.25) is 0 Å². The third-order valence-corrected chi connectivity index (χ3v) is 2.87. The van der Waals surface area contributed by atoms with Crippen LogP contribution in [0.1, 0.15) is 25.3 Å². The van der Waals surface area contributed by atoms with Crippen LogP contribution in [0.25, 0.3) is 0 Å². The fraction of sp³-hybridized carbons (Fsp3) is 0.400. The van der Waals surface area contributed by atoms with Gasteiger partial charge in [0, 0.05) is 12.1 Å². The molecule has 0 heterocycles. The molecule has 0 spiro atoms. The van der Waals surface area contributed by atoms with Crippen molar-refractivity contribution >= 4 is 5.96 Å². The minimum Gasteiger partial charge on any atom is -0.496 e. The van der Waals surface area contributed by atoms with Gasteiger partial charge in [0.1, 0.15) is 12.4 Å². The first kappa shape index (κ1) is 17.5. The van der Waals surface area contributed by atoms with Gasteiger partial charge in [0.25, 0.3) is 0 Å². The Bertz CT molecular complexity index is 524. The van der Waals surface area contributed by atoms with E-state index in [1.807, 2.05) is 24.3 Å². The Kier molecular flexibility index (Phi) is 7.45. The van der Waals surface area contributed by atoms with E-state index in [1.54, 1.807) is 7.11 Å². The molecule has 1 rings (SSSR count). The van der Waals surface area contributed by atoms with Crippen LogP contribution in [0.5, 0.6) is 5.75 Å². The Morgan fingerprint density at radius 3 is 2.59 bits per heavy atom. The number of nitrogens with zero attached hydrogens (tertiary/aromatic N) is 1. The number of hydrogen-bond donors (Lipinski definition) is 4. The monoisotopic (exact) mass is 307 g/mol. The lowest BCUT2D eigenvalue weighted by atomic mass is 10.2. The van der Waals surface area contributed by atoms with Crippen LogP contribution in [0, 0.1) is 0 Å². The molecule has 0 atom stereocenters. The van der Waals surface area contributed by atoms with Crippen LogP contribution in [-0.2, 0) is 11.3 Å². The highest BCUT2D eigenvalue weighted by Crippen LogP contribution is 2.19. The van der Waals surface area contributed by atoms with Crippen molar-refractivity contribution < 1.29 is 9.47 Å². The second-order valence-corrected chi connectivity index (χ2v) is 4.63. The summed E-state index contributed by atoms with van der Waals surface area (Å²) in [5, 5.41) is 3.07. The number of aliphatic imine (C=N–C) groups is 1. The van der Waals surface area contributed by atoms with Gasteiger partial charge in [0.2, 0.25) is 5.88 Å². The fourth-order valence-corrected chi connectivity index (χ4v) is 1.74. The van der Waals surface area contributed by atoms with Gasteiger partial charge in [0.05, 0.1) is 7.11 Å². The molecule has 22 heavy (non-hydrogen) atoms. The predicted molar refractivity (Wildman–Crippen MR) is 87.7 cm³/mol. The molecule has 1 aromatic carbocycles. The van der Waals surface area contributed by atoms with E-state index in [0.29, 0.717) is 12.4 Å². The number of unbranched alkanes of at least 4 members (excludes halogenated alkanes) is 1. The van der Waals surface area contributed by atoms with E-state index >= 15 is 0 Å². The Morgan fingerprint density at radius 2 is 1.95 bits per heavy atom. The number of para-hydroxylation sites is 1. The lowest BCUT2D eigenvalue weighted by Crippen LogP contribution is -2.27. The van der Waals surface area contributed by atoms with Gasteiger partial charge >= 0.3 is 0 Å². The molecule has 0 aliphatic heterocycles. The van der Waals surface area contributed by atoms with Crippen molar-refractivity contribution in [2.45, 2.75) is 26.4 Å². The molecule has 0 saturated carbocycles. The van der Waals surface area contributed by atoms with Gasteiger partial charge < -0.3 is 32.0 Å². The van der Waals surface area contributed by atoms with Gasteiger partial charge in [-0.15, -0.1) is 0 Å². The number of benzene rings is 1. The van der Waals surface area contributed by atoms with Gasteiger partial charge in [-0.2, -0.15) is 4.99 Å². The van der Waals surface area contributed by atoms with Gasteiger partial charge in [-0.25, -0.2) is 0 Å². The molecule has 1 aromatic rings. The van der Waals surface area contributed by atoms with E-state index in [0.717, 1.165) is 24.2 Å². The summed E-state index contributed by atoms with van der Waals surface area (Å²) in [6.07, 6.45) is 2.02. The van der Waals surface area contributed by atoms with Crippen LogP contribution < -0.4 is 27.3 Å². The van der Waals surface area contributed by atoms with Crippen LogP contribution in [0.4, 0.5) is 0 Å². The molecule has 0 aliphatic rings. The molecule has 7 heteroatoms. The first-order valence-electron chi connectivity index (χ1n) is 7.16. The second-order valence-electron chi connectivity index (χ2n) is 4.63. The third-order valence-electron chi connectivity index (χ3n) is 2.87. The Labute approximate surface area is 131 Å². The van der Waals surface area contributed by atoms with Gasteiger partial charge in [-0.1, -0.05) is 31.5 Å². The van der Waals surface area contributed by atoms with Crippen molar-refractivity contribution in [1.82, 2.24) is 5.32 Å². The van der Waals surface area contributed by atoms with E-state index in [2.05, 4.69) is 17.2 Å². The summed E-state index contributed by atoms with van der Waals surface area (Å²) < 4.78 is 10.8. The number of rotatable bonds is 9. The van der Waals surface area contributed by atoms with Crippen LogP contribution in [-0.4, -0.2) is 19.6 Å². The van der Waals surface area contributed by atoms with Crippen LogP contribution in [0.15, 0.2) is 41.0 Å². The van der Waals surface area contributed by atoms with Crippen LogP contribution in [0.3, 0.4) is 0 Å². The molecule has 0 aliphatic carbocycles. The highest BCUT2D eigenvalue weighted by atomic mass is 16.5. The number of nitrogens with one attached hydrogen (secondary N) is 1. The molecule has 122 valence electrons. The van der Waals surface area contributed by atoms with E-state index in [9.17, 15) is 0 Å². The molecule has 7 nitrogen and oxygen atoms in total. The molecule has 0 amide bonds. The molecule has 0 saturated heterocycles. The van der Waals surface area contributed by atoms with Crippen molar-refractivity contribution in [3.05, 3.63) is 41.5 Å². The average Bonchev–Trinajstić information content (AvgIpc) is 2.51. The normalized spacial score (nSPS) is 11.4. The minimum atomic E-state index is -0.0807. The summed E-state index contributed by atoms with van der Waals surface area (Å²) in [6, 6.07) is 7.54. The summed E-state index contributed by atoms with van der Waals surface area (Å²) in [4.78, 5) is 3.96. The van der Waals surface area contributed by atoms with E-state index in [1.165, 1.54) is 0 Å². The maximum atomic E-state index is 5.92. The van der Waals surface area contributed by atoms with Crippen LogP contribution >= 0.6 is 0 Å². The van der Waals surface area contributed by atoms with E-state index in [-0.39, 0.29) is 18.4 Å². The smallest absolute Gasteiger partial charge is 0.228 e. The van der Waals surface area contributed by atoms with E-state index < -0.39 is 0 Å². The largest absolute Gasteiger partial charge is 0.496 e. The SMILES string of the molecule is CCCCN/C(N=C(N)N)=C(/N)OCc1ccccc1OC. The zero-order valence-corrected chi connectivity index (χ0v) is 13.1.